The average molecular weight is 286 g/mol. The lowest BCUT2D eigenvalue weighted by Gasteiger charge is -2.08. The highest BCUT2D eigenvalue weighted by atomic mass is 35.5. The highest BCUT2D eigenvalue weighted by molar-refractivity contribution is 7.92. The zero-order valence-corrected chi connectivity index (χ0v) is 10.7. The Balaban J connectivity index is 2.30. The van der Waals surface area contributed by atoms with E-state index in [1.54, 1.807) is 12.1 Å². The van der Waals surface area contributed by atoms with Crippen molar-refractivity contribution in [1.82, 2.24) is 0 Å². The van der Waals surface area contributed by atoms with Gasteiger partial charge in [0.05, 0.1) is 4.90 Å². The predicted molar refractivity (Wildman–Crippen MR) is 68.7 cm³/mol. The lowest BCUT2D eigenvalue weighted by molar-refractivity contribution is 0.595. The molecule has 1 N–H and O–H groups in total. The first-order valence-electron chi connectivity index (χ1n) is 5.01. The van der Waals surface area contributed by atoms with Gasteiger partial charge in [0.2, 0.25) is 0 Å². The zero-order chi connectivity index (χ0) is 13.2. The number of hydrogen-bond acceptors (Lipinski definition) is 2. The molecule has 2 rings (SSSR count). The number of anilines is 1. The van der Waals surface area contributed by atoms with Crippen LogP contribution in [0.5, 0.6) is 0 Å². The van der Waals surface area contributed by atoms with Crippen LogP contribution in [0.4, 0.5) is 10.1 Å². The van der Waals surface area contributed by atoms with Crippen LogP contribution in [0.2, 0.25) is 5.02 Å². The number of hydrogen-bond donors (Lipinski definition) is 1. The van der Waals surface area contributed by atoms with E-state index in [9.17, 15) is 12.8 Å². The van der Waals surface area contributed by atoms with Crippen LogP contribution in [0.1, 0.15) is 0 Å². The lowest BCUT2D eigenvalue weighted by atomic mass is 10.3. The van der Waals surface area contributed by atoms with E-state index < -0.39 is 15.8 Å². The number of benzene rings is 2. The van der Waals surface area contributed by atoms with E-state index >= 15 is 0 Å². The highest BCUT2D eigenvalue weighted by Crippen LogP contribution is 2.18. The molecule has 2 aromatic carbocycles. The van der Waals surface area contributed by atoms with Crippen molar-refractivity contribution >= 4 is 27.3 Å². The molecule has 0 fully saturated rings. The van der Waals surface area contributed by atoms with Gasteiger partial charge in [-0.05, 0) is 42.5 Å². The third-order valence-electron chi connectivity index (χ3n) is 2.20. The number of sulfonamides is 1. The fourth-order valence-electron chi connectivity index (χ4n) is 1.37. The van der Waals surface area contributed by atoms with Crippen molar-refractivity contribution < 1.29 is 12.8 Å². The van der Waals surface area contributed by atoms with Crippen LogP contribution < -0.4 is 4.72 Å². The molecule has 0 aliphatic heterocycles. The molecule has 18 heavy (non-hydrogen) atoms. The van der Waals surface area contributed by atoms with Crippen LogP contribution in [0, 0.1) is 5.82 Å². The summed E-state index contributed by atoms with van der Waals surface area (Å²) in [6.45, 7) is 0. The van der Waals surface area contributed by atoms with E-state index in [0.29, 0.717) is 10.7 Å². The molecule has 0 heterocycles. The Morgan fingerprint density at radius 3 is 2.33 bits per heavy atom. The molecule has 0 unspecified atom stereocenters. The van der Waals surface area contributed by atoms with Crippen molar-refractivity contribution in [2.45, 2.75) is 4.90 Å². The molecule has 6 heteroatoms. The van der Waals surface area contributed by atoms with Crippen LogP contribution in [-0.4, -0.2) is 8.42 Å². The summed E-state index contributed by atoms with van der Waals surface area (Å²) >= 11 is 5.69. The Kier molecular flexibility index (Phi) is 3.54. The molecule has 0 radical (unpaired) electrons. The van der Waals surface area contributed by atoms with Crippen molar-refractivity contribution in [3.8, 4) is 0 Å². The van der Waals surface area contributed by atoms with Crippen LogP contribution in [0.15, 0.2) is 53.4 Å². The van der Waals surface area contributed by atoms with Gasteiger partial charge in [0.15, 0.2) is 0 Å². The molecule has 0 spiro atoms. The molecular formula is C12H9ClFNO2S. The largest absolute Gasteiger partial charge is 0.280 e. The molecule has 0 saturated heterocycles. The van der Waals surface area contributed by atoms with Crippen LogP contribution in [0.25, 0.3) is 0 Å². The second kappa shape index (κ2) is 4.96. The van der Waals surface area contributed by atoms with Gasteiger partial charge in [-0.15, -0.1) is 0 Å². The first-order chi connectivity index (χ1) is 8.47. The third kappa shape index (κ3) is 3.00. The summed E-state index contributed by atoms with van der Waals surface area (Å²) in [7, 11) is -3.78. The Bertz CT molecular complexity index is 656. The van der Waals surface area contributed by atoms with E-state index in [1.165, 1.54) is 30.3 Å². The fraction of sp³-hybridized carbons (Fsp3) is 0. The maximum Gasteiger partial charge on any atom is 0.261 e. The topological polar surface area (TPSA) is 46.2 Å². The minimum absolute atomic E-state index is 0.127. The average Bonchev–Trinajstić information content (AvgIpc) is 2.32. The molecular weight excluding hydrogens is 277 g/mol. The van der Waals surface area contributed by atoms with Gasteiger partial charge in [-0.2, -0.15) is 0 Å². The summed E-state index contributed by atoms with van der Waals surface area (Å²) in [6.07, 6.45) is 0. The second-order valence-electron chi connectivity index (χ2n) is 3.57. The Morgan fingerprint density at radius 1 is 1.06 bits per heavy atom. The fourth-order valence-corrected chi connectivity index (χ4v) is 2.58. The van der Waals surface area contributed by atoms with Gasteiger partial charge < -0.3 is 0 Å². The van der Waals surface area contributed by atoms with Crippen molar-refractivity contribution in [2.24, 2.45) is 0 Å². The standard InChI is InChI=1S/C12H9ClFNO2S/c13-9-4-6-11(7-5-9)15-18(16,17)12-3-1-2-10(14)8-12/h1-8,15H. The van der Waals surface area contributed by atoms with E-state index in [1.807, 2.05) is 0 Å². The molecule has 94 valence electrons. The summed E-state index contributed by atoms with van der Waals surface area (Å²) in [5, 5.41) is 0.503. The Hall–Kier alpha value is -1.59. The van der Waals surface area contributed by atoms with E-state index in [2.05, 4.69) is 4.72 Å². The van der Waals surface area contributed by atoms with Crippen molar-refractivity contribution in [2.75, 3.05) is 4.72 Å². The Labute approximate surface area is 109 Å². The summed E-state index contributed by atoms with van der Waals surface area (Å²) in [5.74, 6) is -0.603. The van der Waals surface area contributed by atoms with Gasteiger partial charge in [0.25, 0.3) is 10.0 Å². The zero-order valence-electron chi connectivity index (χ0n) is 9.10. The van der Waals surface area contributed by atoms with E-state index in [-0.39, 0.29) is 4.90 Å². The molecule has 0 aliphatic rings. The molecule has 0 amide bonds. The lowest BCUT2D eigenvalue weighted by Crippen LogP contribution is -2.12. The smallest absolute Gasteiger partial charge is 0.261 e. The van der Waals surface area contributed by atoms with Gasteiger partial charge in [-0.25, -0.2) is 12.8 Å². The van der Waals surface area contributed by atoms with Gasteiger partial charge in [0, 0.05) is 10.7 Å². The quantitative estimate of drug-likeness (QED) is 0.941. The van der Waals surface area contributed by atoms with Crippen LogP contribution >= 0.6 is 11.6 Å². The van der Waals surface area contributed by atoms with E-state index in [4.69, 9.17) is 11.6 Å². The van der Waals surface area contributed by atoms with Gasteiger partial charge in [0.1, 0.15) is 5.82 Å². The third-order valence-corrected chi connectivity index (χ3v) is 3.83. The molecule has 3 nitrogen and oxygen atoms in total. The summed E-state index contributed by atoms with van der Waals surface area (Å²) < 4.78 is 39.2. The van der Waals surface area contributed by atoms with E-state index in [0.717, 1.165) is 6.07 Å². The summed E-state index contributed by atoms with van der Waals surface area (Å²) in [5.41, 5.74) is 0.365. The minimum Gasteiger partial charge on any atom is -0.280 e. The maximum absolute atomic E-state index is 13.0. The minimum atomic E-state index is -3.78. The first kappa shape index (κ1) is 12.9. The molecule has 0 aromatic heterocycles. The normalized spacial score (nSPS) is 11.2. The van der Waals surface area contributed by atoms with Crippen LogP contribution in [-0.2, 0) is 10.0 Å². The van der Waals surface area contributed by atoms with Crippen LogP contribution in [0.3, 0.4) is 0 Å². The molecule has 2 aromatic rings. The predicted octanol–water partition coefficient (Wildman–Crippen LogP) is 3.28. The number of halogens is 2. The van der Waals surface area contributed by atoms with Crippen molar-refractivity contribution in [3.05, 3.63) is 59.4 Å². The van der Waals surface area contributed by atoms with Gasteiger partial charge in [-0.3, -0.25) is 4.72 Å². The van der Waals surface area contributed by atoms with Crippen molar-refractivity contribution in [1.29, 1.82) is 0 Å². The Morgan fingerprint density at radius 2 is 1.72 bits per heavy atom. The van der Waals surface area contributed by atoms with Crippen molar-refractivity contribution in [3.63, 3.8) is 0 Å². The van der Waals surface area contributed by atoms with Gasteiger partial charge >= 0.3 is 0 Å². The summed E-state index contributed by atoms with van der Waals surface area (Å²) in [4.78, 5) is -0.127. The second-order valence-corrected chi connectivity index (χ2v) is 5.69. The maximum atomic E-state index is 13.0. The highest BCUT2D eigenvalue weighted by Gasteiger charge is 2.14. The molecule has 0 aliphatic carbocycles. The monoisotopic (exact) mass is 285 g/mol. The SMILES string of the molecule is O=S(=O)(Nc1ccc(Cl)cc1)c1cccc(F)c1. The summed E-state index contributed by atoms with van der Waals surface area (Å²) in [6, 6.07) is 11.0. The molecule has 0 saturated carbocycles. The molecule has 0 bridgehead atoms. The van der Waals surface area contributed by atoms with Gasteiger partial charge in [-0.1, -0.05) is 17.7 Å². The number of rotatable bonds is 3. The first-order valence-corrected chi connectivity index (χ1v) is 6.87. The number of nitrogens with one attached hydrogen (secondary N) is 1. The molecule has 0 atom stereocenters.